The zero-order valence-electron chi connectivity index (χ0n) is 17.7. The second-order valence-electron chi connectivity index (χ2n) is 7.76. The van der Waals surface area contributed by atoms with E-state index >= 15 is 0 Å². The number of halogens is 1. The van der Waals surface area contributed by atoms with Crippen molar-refractivity contribution >= 4 is 31.9 Å². The number of sulfonamides is 1. The lowest BCUT2D eigenvalue weighted by molar-refractivity contribution is -0.126. The van der Waals surface area contributed by atoms with Gasteiger partial charge in [-0.1, -0.05) is 46.3 Å². The van der Waals surface area contributed by atoms with E-state index in [1.165, 1.54) is 4.31 Å². The van der Waals surface area contributed by atoms with Gasteiger partial charge in [-0.3, -0.25) is 4.79 Å². The van der Waals surface area contributed by atoms with Gasteiger partial charge in [0, 0.05) is 30.0 Å². The van der Waals surface area contributed by atoms with Crippen LogP contribution in [0, 0.1) is 5.92 Å². The van der Waals surface area contributed by atoms with E-state index in [1.54, 1.807) is 7.11 Å². The average Bonchev–Trinajstić information content (AvgIpc) is 2.78. The van der Waals surface area contributed by atoms with E-state index in [0.29, 0.717) is 32.5 Å². The molecule has 1 aliphatic rings. The summed E-state index contributed by atoms with van der Waals surface area (Å²) in [6.45, 7) is 1.37. The number of carbonyl (C=O) groups is 1. The van der Waals surface area contributed by atoms with E-state index in [-0.39, 0.29) is 17.6 Å². The van der Waals surface area contributed by atoms with Gasteiger partial charge in [-0.25, -0.2) is 12.7 Å². The highest BCUT2D eigenvalue weighted by Gasteiger charge is 2.31. The minimum Gasteiger partial charge on any atom is -0.496 e. The predicted octanol–water partition coefficient (Wildman–Crippen LogP) is 3.75. The zero-order valence-corrected chi connectivity index (χ0v) is 20.1. The minimum atomic E-state index is -3.38. The van der Waals surface area contributed by atoms with Crippen molar-refractivity contribution in [1.29, 1.82) is 0 Å². The Morgan fingerprint density at radius 1 is 1.13 bits per heavy atom. The van der Waals surface area contributed by atoms with Gasteiger partial charge in [0.05, 0.1) is 12.9 Å². The van der Waals surface area contributed by atoms with Crippen LogP contribution in [0.15, 0.2) is 53.0 Å². The number of ether oxygens (including phenoxy) is 1. The van der Waals surface area contributed by atoms with Crippen molar-refractivity contribution in [3.63, 3.8) is 0 Å². The fourth-order valence-electron chi connectivity index (χ4n) is 3.82. The maximum atomic E-state index is 12.7. The van der Waals surface area contributed by atoms with Gasteiger partial charge in [-0.2, -0.15) is 0 Å². The van der Waals surface area contributed by atoms with Crippen LogP contribution < -0.4 is 10.1 Å². The summed E-state index contributed by atoms with van der Waals surface area (Å²) >= 11 is 3.36. The van der Waals surface area contributed by atoms with E-state index < -0.39 is 10.0 Å². The molecule has 1 saturated heterocycles. The zero-order chi connectivity index (χ0) is 22.3. The van der Waals surface area contributed by atoms with Gasteiger partial charge in [0.15, 0.2) is 0 Å². The number of nitrogens with zero attached hydrogens (tertiary/aromatic N) is 1. The highest BCUT2D eigenvalue weighted by molar-refractivity contribution is 9.10. The number of para-hydroxylation sites is 1. The monoisotopic (exact) mass is 508 g/mol. The third-order valence-electron chi connectivity index (χ3n) is 5.60. The van der Waals surface area contributed by atoms with E-state index in [2.05, 4.69) is 21.2 Å². The summed E-state index contributed by atoms with van der Waals surface area (Å²) in [6, 6.07) is 15.2. The van der Waals surface area contributed by atoms with E-state index in [4.69, 9.17) is 4.74 Å². The smallest absolute Gasteiger partial charge is 0.223 e. The van der Waals surface area contributed by atoms with Crippen molar-refractivity contribution in [3.05, 3.63) is 64.1 Å². The number of aryl methyl sites for hydroxylation is 1. The summed E-state index contributed by atoms with van der Waals surface area (Å²) in [7, 11) is -1.72. The maximum Gasteiger partial charge on any atom is 0.223 e. The van der Waals surface area contributed by atoms with Crippen LogP contribution >= 0.6 is 15.9 Å². The molecule has 0 atom stereocenters. The lowest BCUT2D eigenvalue weighted by atomic mass is 9.97. The van der Waals surface area contributed by atoms with Crippen LogP contribution in [-0.2, 0) is 27.0 Å². The van der Waals surface area contributed by atoms with Crippen molar-refractivity contribution < 1.29 is 17.9 Å². The molecule has 0 aliphatic carbocycles. The molecule has 31 heavy (non-hydrogen) atoms. The molecule has 0 saturated carbocycles. The lowest BCUT2D eigenvalue weighted by Gasteiger charge is -2.30. The van der Waals surface area contributed by atoms with Crippen LogP contribution in [0.25, 0.3) is 0 Å². The Balaban J connectivity index is 1.41. The fraction of sp³-hybridized carbons (Fsp3) is 0.435. The molecular weight excluding hydrogens is 480 g/mol. The summed E-state index contributed by atoms with van der Waals surface area (Å²) in [6.07, 6.45) is 2.76. The Morgan fingerprint density at radius 2 is 1.81 bits per heavy atom. The second kappa shape index (κ2) is 11.1. The molecule has 0 aromatic heterocycles. The average molecular weight is 509 g/mol. The van der Waals surface area contributed by atoms with Crippen LogP contribution in [0.2, 0.25) is 0 Å². The number of carbonyl (C=O) groups excluding carboxylic acids is 1. The number of amides is 1. The first-order chi connectivity index (χ1) is 14.9. The van der Waals surface area contributed by atoms with Gasteiger partial charge in [0.1, 0.15) is 5.75 Å². The largest absolute Gasteiger partial charge is 0.496 e. The van der Waals surface area contributed by atoms with Crippen LogP contribution in [0.3, 0.4) is 0 Å². The molecule has 0 bridgehead atoms. The molecular formula is C23H29BrN2O4S. The number of piperidine rings is 1. The summed E-state index contributed by atoms with van der Waals surface area (Å²) < 4.78 is 33.2. The molecule has 0 spiro atoms. The predicted molar refractivity (Wildman–Crippen MR) is 125 cm³/mol. The van der Waals surface area contributed by atoms with Gasteiger partial charge < -0.3 is 10.1 Å². The lowest BCUT2D eigenvalue weighted by Crippen LogP contribution is -2.43. The Labute approximate surface area is 193 Å². The Bertz CT molecular complexity index is 971. The molecule has 168 valence electrons. The summed E-state index contributed by atoms with van der Waals surface area (Å²) in [5.74, 6) is 0.737. The van der Waals surface area contributed by atoms with Gasteiger partial charge in [-0.15, -0.1) is 0 Å². The fourth-order valence-corrected chi connectivity index (χ4v) is 5.65. The SMILES string of the molecule is COc1ccccc1CCCNC(=O)C1CCN(S(=O)(=O)Cc2ccc(Br)cc2)CC1. The topological polar surface area (TPSA) is 75.7 Å². The summed E-state index contributed by atoms with van der Waals surface area (Å²) in [4.78, 5) is 12.5. The van der Waals surface area contributed by atoms with Crippen LogP contribution in [0.1, 0.15) is 30.4 Å². The Kier molecular flexibility index (Phi) is 8.51. The van der Waals surface area contributed by atoms with Gasteiger partial charge in [0.2, 0.25) is 15.9 Å². The van der Waals surface area contributed by atoms with Crippen molar-refractivity contribution in [2.75, 3.05) is 26.7 Å². The van der Waals surface area contributed by atoms with Crippen molar-refractivity contribution in [2.24, 2.45) is 5.92 Å². The molecule has 6 nitrogen and oxygen atoms in total. The molecule has 3 rings (SSSR count). The molecule has 1 aliphatic heterocycles. The highest BCUT2D eigenvalue weighted by atomic mass is 79.9. The minimum absolute atomic E-state index is 0.0138. The molecule has 1 N–H and O–H groups in total. The van der Waals surface area contributed by atoms with Crippen LogP contribution in [0.5, 0.6) is 5.75 Å². The van der Waals surface area contributed by atoms with E-state index in [1.807, 2.05) is 48.5 Å². The maximum absolute atomic E-state index is 12.7. The first kappa shape index (κ1) is 23.8. The van der Waals surface area contributed by atoms with Gasteiger partial charge >= 0.3 is 0 Å². The highest BCUT2D eigenvalue weighted by Crippen LogP contribution is 2.23. The molecule has 1 heterocycles. The number of rotatable bonds is 9. The van der Waals surface area contributed by atoms with Gasteiger partial charge in [0.25, 0.3) is 0 Å². The number of methoxy groups -OCH3 is 1. The Hall–Kier alpha value is -1.90. The van der Waals surface area contributed by atoms with Crippen molar-refractivity contribution in [3.8, 4) is 5.75 Å². The van der Waals surface area contributed by atoms with Gasteiger partial charge in [-0.05, 0) is 55.0 Å². The van der Waals surface area contributed by atoms with E-state index in [0.717, 1.165) is 34.2 Å². The quantitative estimate of drug-likeness (QED) is 0.523. The molecule has 2 aromatic rings. The number of hydrogen-bond donors (Lipinski definition) is 1. The summed E-state index contributed by atoms with van der Waals surface area (Å²) in [5.41, 5.74) is 1.89. The molecule has 1 amide bonds. The molecule has 2 aromatic carbocycles. The van der Waals surface area contributed by atoms with Crippen molar-refractivity contribution in [2.45, 2.75) is 31.4 Å². The number of hydrogen-bond acceptors (Lipinski definition) is 4. The van der Waals surface area contributed by atoms with Crippen molar-refractivity contribution in [1.82, 2.24) is 9.62 Å². The summed E-state index contributed by atoms with van der Waals surface area (Å²) in [5, 5.41) is 3.01. The second-order valence-corrected chi connectivity index (χ2v) is 10.6. The first-order valence-corrected chi connectivity index (χ1v) is 12.9. The third-order valence-corrected chi connectivity index (χ3v) is 7.97. The first-order valence-electron chi connectivity index (χ1n) is 10.5. The molecule has 0 unspecified atom stereocenters. The normalized spacial score (nSPS) is 15.5. The number of benzene rings is 2. The van der Waals surface area contributed by atoms with E-state index in [9.17, 15) is 13.2 Å². The number of nitrogens with one attached hydrogen (secondary N) is 1. The van der Waals surface area contributed by atoms with Crippen LogP contribution in [-0.4, -0.2) is 45.4 Å². The molecule has 1 fully saturated rings. The van der Waals surface area contributed by atoms with Crippen LogP contribution in [0.4, 0.5) is 0 Å². The Morgan fingerprint density at radius 3 is 2.48 bits per heavy atom. The standard InChI is InChI=1S/C23H29BrN2O4S/c1-30-22-7-3-2-5-19(22)6-4-14-25-23(27)20-12-15-26(16-13-20)31(28,29)17-18-8-10-21(24)11-9-18/h2-3,5,7-11,20H,4,6,12-17H2,1H3,(H,25,27). The third kappa shape index (κ3) is 6.79. The molecule has 0 radical (unpaired) electrons. The molecule has 8 heteroatoms.